The topological polar surface area (TPSA) is 89.8 Å². The van der Waals surface area contributed by atoms with Gasteiger partial charge in [-0.1, -0.05) is 6.07 Å². The minimum Gasteiger partial charge on any atom is -0.350 e. The zero-order valence-corrected chi connectivity index (χ0v) is 14.2. The van der Waals surface area contributed by atoms with E-state index in [1.54, 1.807) is 24.7 Å². The third kappa shape index (κ3) is 4.83. The van der Waals surface area contributed by atoms with E-state index in [-0.39, 0.29) is 11.5 Å². The molecule has 3 aromatic heterocycles. The Morgan fingerprint density at radius 3 is 2.77 bits per heavy atom. The summed E-state index contributed by atoms with van der Waals surface area (Å²) in [4.78, 5) is 32.1. The number of pyridine rings is 2. The van der Waals surface area contributed by atoms with Gasteiger partial charge in [0.25, 0.3) is 5.56 Å². The maximum Gasteiger partial charge on any atom is 0.266 e. The first-order valence-corrected chi connectivity index (χ1v) is 8.37. The van der Waals surface area contributed by atoms with Crippen molar-refractivity contribution in [2.75, 3.05) is 0 Å². The van der Waals surface area contributed by atoms with E-state index in [1.165, 1.54) is 10.7 Å². The SMILES string of the molecule is O=C(CCCn1nc(-c2cccnc2)ccc1=O)NCc1ccccn1. The Morgan fingerprint density at radius 1 is 1.08 bits per heavy atom. The van der Waals surface area contributed by atoms with Crippen molar-refractivity contribution in [3.8, 4) is 11.3 Å². The largest absolute Gasteiger partial charge is 0.350 e. The van der Waals surface area contributed by atoms with Crippen LogP contribution in [0.2, 0.25) is 0 Å². The molecule has 0 aliphatic rings. The van der Waals surface area contributed by atoms with Crippen molar-refractivity contribution in [3.05, 3.63) is 77.1 Å². The zero-order valence-electron chi connectivity index (χ0n) is 14.2. The molecule has 7 nitrogen and oxygen atoms in total. The first kappa shape index (κ1) is 17.5. The van der Waals surface area contributed by atoms with Crippen LogP contribution >= 0.6 is 0 Å². The molecule has 0 fully saturated rings. The summed E-state index contributed by atoms with van der Waals surface area (Å²) in [5.74, 6) is -0.0767. The third-order valence-electron chi connectivity index (χ3n) is 3.79. The molecule has 3 heterocycles. The lowest BCUT2D eigenvalue weighted by Gasteiger charge is -2.07. The second-order valence-corrected chi connectivity index (χ2v) is 5.72. The Bertz CT molecular complexity index is 910. The average molecular weight is 349 g/mol. The molecule has 7 heteroatoms. The Morgan fingerprint density at radius 2 is 2.00 bits per heavy atom. The van der Waals surface area contributed by atoms with Crippen molar-refractivity contribution in [1.82, 2.24) is 25.1 Å². The monoisotopic (exact) mass is 349 g/mol. The van der Waals surface area contributed by atoms with Crippen molar-refractivity contribution in [2.45, 2.75) is 25.9 Å². The number of rotatable bonds is 7. The van der Waals surface area contributed by atoms with Gasteiger partial charge in [0, 0.05) is 43.2 Å². The summed E-state index contributed by atoms with van der Waals surface area (Å²) in [5.41, 5.74) is 2.14. The summed E-state index contributed by atoms with van der Waals surface area (Å²) in [6.45, 7) is 0.776. The molecule has 3 aromatic rings. The number of aromatic nitrogens is 4. The summed E-state index contributed by atoms with van der Waals surface area (Å²) >= 11 is 0. The molecule has 0 saturated carbocycles. The van der Waals surface area contributed by atoms with Crippen LogP contribution in [-0.4, -0.2) is 25.7 Å². The number of carbonyl (C=O) groups is 1. The molecule has 0 unspecified atom stereocenters. The summed E-state index contributed by atoms with van der Waals surface area (Å²) in [5, 5.41) is 7.17. The van der Waals surface area contributed by atoms with Crippen LogP contribution in [0, 0.1) is 0 Å². The highest BCUT2D eigenvalue weighted by atomic mass is 16.1. The van der Waals surface area contributed by atoms with Gasteiger partial charge in [0.1, 0.15) is 0 Å². The molecule has 0 bridgehead atoms. The van der Waals surface area contributed by atoms with Crippen LogP contribution in [0.1, 0.15) is 18.5 Å². The van der Waals surface area contributed by atoms with Gasteiger partial charge >= 0.3 is 0 Å². The summed E-state index contributed by atoms with van der Waals surface area (Å²) in [6.07, 6.45) is 5.91. The maximum absolute atomic E-state index is 12.0. The lowest BCUT2D eigenvalue weighted by molar-refractivity contribution is -0.121. The van der Waals surface area contributed by atoms with Crippen LogP contribution in [0.15, 0.2) is 65.8 Å². The quantitative estimate of drug-likeness (QED) is 0.702. The Balaban J connectivity index is 1.53. The molecule has 132 valence electrons. The lowest BCUT2D eigenvalue weighted by atomic mass is 10.2. The number of nitrogens with one attached hydrogen (secondary N) is 1. The van der Waals surface area contributed by atoms with Gasteiger partial charge in [0.2, 0.25) is 5.91 Å². The Labute approximate surface area is 150 Å². The minimum atomic E-state index is -0.188. The maximum atomic E-state index is 12.0. The molecule has 0 radical (unpaired) electrons. The molecule has 0 aliphatic carbocycles. The van der Waals surface area contributed by atoms with Crippen LogP contribution in [0.3, 0.4) is 0 Å². The van der Waals surface area contributed by atoms with Gasteiger partial charge in [-0.25, -0.2) is 4.68 Å². The minimum absolute atomic E-state index is 0.0767. The van der Waals surface area contributed by atoms with Gasteiger partial charge in [0.15, 0.2) is 0 Å². The number of carbonyl (C=O) groups excluding carboxylic acids is 1. The van der Waals surface area contributed by atoms with Gasteiger partial charge in [-0.05, 0) is 36.8 Å². The fraction of sp³-hybridized carbons (Fsp3) is 0.211. The number of amides is 1. The molecule has 0 saturated heterocycles. The summed E-state index contributed by atoms with van der Waals surface area (Å²) in [6, 6.07) is 12.4. The number of hydrogen-bond acceptors (Lipinski definition) is 5. The molecule has 1 amide bonds. The smallest absolute Gasteiger partial charge is 0.266 e. The molecular weight excluding hydrogens is 330 g/mol. The average Bonchev–Trinajstić information content (AvgIpc) is 2.69. The second-order valence-electron chi connectivity index (χ2n) is 5.72. The molecule has 0 aliphatic heterocycles. The number of hydrogen-bond donors (Lipinski definition) is 1. The van der Waals surface area contributed by atoms with Gasteiger partial charge in [-0.15, -0.1) is 0 Å². The first-order chi connectivity index (χ1) is 12.7. The van der Waals surface area contributed by atoms with E-state index in [0.29, 0.717) is 31.6 Å². The zero-order chi connectivity index (χ0) is 18.2. The standard InChI is InChI=1S/C19H19N5O2/c25-18(22-14-16-6-1-2-11-21-16)7-4-12-24-19(26)9-8-17(23-24)15-5-3-10-20-13-15/h1-3,5-6,8-11,13H,4,7,12,14H2,(H,22,25). The highest BCUT2D eigenvalue weighted by molar-refractivity contribution is 5.75. The van der Waals surface area contributed by atoms with Gasteiger partial charge < -0.3 is 5.32 Å². The normalized spacial score (nSPS) is 10.5. The second kappa shape index (κ2) is 8.66. The summed E-state index contributed by atoms with van der Waals surface area (Å²) < 4.78 is 1.38. The molecule has 3 rings (SSSR count). The number of nitrogens with zero attached hydrogens (tertiary/aromatic N) is 4. The first-order valence-electron chi connectivity index (χ1n) is 8.37. The van der Waals surface area contributed by atoms with Crippen molar-refractivity contribution >= 4 is 5.91 Å². The molecular formula is C19H19N5O2. The fourth-order valence-corrected chi connectivity index (χ4v) is 2.45. The van der Waals surface area contributed by atoms with E-state index >= 15 is 0 Å². The highest BCUT2D eigenvalue weighted by Crippen LogP contribution is 2.12. The van der Waals surface area contributed by atoms with E-state index in [2.05, 4.69) is 20.4 Å². The van der Waals surface area contributed by atoms with E-state index in [0.717, 1.165) is 11.3 Å². The van der Waals surface area contributed by atoms with Crippen molar-refractivity contribution in [1.29, 1.82) is 0 Å². The predicted octanol–water partition coefficient (Wildman–Crippen LogP) is 1.80. The van der Waals surface area contributed by atoms with Gasteiger partial charge in [-0.3, -0.25) is 19.6 Å². The lowest BCUT2D eigenvalue weighted by Crippen LogP contribution is -2.25. The van der Waals surface area contributed by atoms with Crippen LogP contribution in [0.5, 0.6) is 0 Å². The molecule has 0 aromatic carbocycles. The summed E-state index contributed by atoms with van der Waals surface area (Å²) in [7, 11) is 0. The van der Waals surface area contributed by atoms with E-state index < -0.39 is 0 Å². The van der Waals surface area contributed by atoms with Crippen LogP contribution < -0.4 is 10.9 Å². The van der Waals surface area contributed by atoms with Gasteiger partial charge in [0.05, 0.1) is 17.9 Å². The molecule has 1 N–H and O–H groups in total. The molecule has 26 heavy (non-hydrogen) atoms. The molecule has 0 atom stereocenters. The predicted molar refractivity (Wildman–Crippen MR) is 97.0 cm³/mol. The van der Waals surface area contributed by atoms with Crippen molar-refractivity contribution in [2.24, 2.45) is 0 Å². The third-order valence-corrected chi connectivity index (χ3v) is 3.79. The fourth-order valence-electron chi connectivity index (χ4n) is 2.45. The highest BCUT2D eigenvalue weighted by Gasteiger charge is 2.06. The van der Waals surface area contributed by atoms with Crippen LogP contribution in [-0.2, 0) is 17.9 Å². The van der Waals surface area contributed by atoms with Gasteiger partial charge in [-0.2, -0.15) is 5.10 Å². The van der Waals surface area contributed by atoms with E-state index in [4.69, 9.17) is 0 Å². The van der Waals surface area contributed by atoms with E-state index in [1.807, 2.05) is 30.3 Å². The van der Waals surface area contributed by atoms with Crippen LogP contribution in [0.4, 0.5) is 0 Å². The van der Waals surface area contributed by atoms with Crippen LogP contribution in [0.25, 0.3) is 11.3 Å². The van der Waals surface area contributed by atoms with Crippen molar-refractivity contribution < 1.29 is 4.79 Å². The Kier molecular flexibility index (Phi) is 5.82. The molecule has 0 spiro atoms. The van der Waals surface area contributed by atoms with Crippen molar-refractivity contribution in [3.63, 3.8) is 0 Å². The van der Waals surface area contributed by atoms with E-state index in [9.17, 15) is 9.59 Å². The Hall–Kier alpha value is -3.35. The number of aryl methyl sites for hydroxylation is 1.